The second-order valence-electron chi connectivity index (χ2n) is 2.18. The van der Waals surface area contributed by atoms with Crippen LogP contribution in [-0.2, 0) is 6.42 Å². The Hall–Kier alpha value is -1.36. The molecule has 0 fully saturated rings. The Morgan fingerprint density at radius 1 is 1.55 bits per heavy atom. The van der Waals surface area contributed by atoms with Gasteiger partial charge in [-0.05, 0) is 31.0 Å². The highest BCUT2D eigenvalue weighted by Gasteiger charge is 2.00. The zero-order valence-corrected chi connectivity index (χ0v) is 5.97. The van der Waals surface area contributed by atoms with Gasteiger partial charge in [0.25, 0.3) is 0 Å². The van der Waals surface area contributed by atoms with Crippen molar-refractivity contribution < 1.29 is 4.39 Å². The van der Waals surface area contributed by atoms with Crippen molar-refractivity contribution in [3.05, 3.63) is 42.1 Å². The quantitative estimate of drug-likeness (QED) is 0.598. The van der Waals surface area contributed by atoms with Crippen molar-refractivity contribution in [3.8, 4) is 6.07 Å². The van der Waals surface area contributed by atoms with Gasteiger partial charge in [0.1, 0.15) is 11.9 Å². The van der Waals surface area contributed by atoms with E-state index in [2.05, 4.69) is 6.92 Å². The zero-order chi connectivity index (χ0) is 8.27. The first kappa shape index (κ1) is 7.74. The highest BCUT2D eigenvalue weighted by atomic mass is 19.1. The van der Waals surface area contributed by atoms with E-state index in [0.29, 0.717) is 6.42 Å². The molecule has 1 nitrogen and oxygen atoms in total. The number of hydrogen-bond acceptors (Lipinski definition) is 1. The molecular weight excluding hydrogens is 141 g/mol. The molecule has 0 aliphatic heterocycles. The molecule has 0 heterocycles. The molecule has 0 aliphatic carbocycles. The van der Waals surface area contributed by atoms with Crippen LogP contribution in [0.1, 0.15) is 11.1 Å². The molecule has 0 bridgehead atoms. The van der Waals surface area contributed by atoms with Crippen LogP contribution in [0.3, 0.4) is 0 Å². The second kappa shape index (κ2) is 3.16. The lowest BCUT2D eigenvalue weighted by Crippen LogP contribution is -1.86. The van der Waals surface area contributed by atoms with Crippen molar-refractivity contribution in [3.63, 3.8) is 0 Å². The molecule has 1 rings (SSSR count). The van der Waals surface area contributed by atoms with E-state index < -0.39 is 5.82 Å². The number of nitriles is 1. The van der Waals surface area contributed by atoms with Crippen LogP contribution in [0.2, 0.25) is 0 Å². The number of hydrogen-bond donors (Lipinski definition) is 0. The fraction of sp³-hybridized carbons (Fsp3) is 0.111. The van der Waals surface area contributed by atoms with Crippen LogP contribution in [0.25, 0.3) is 0 Å². The third kappa shape index (κ3) is 1.56. The molecule has 2 heteroatoms. The van der Waals surface area contributed by atoms with Gasteiger partial charge in [-0.1, -0.05) is 6.07 Å². The monoisotopic (exact) mass is 148 g/mol. The maximum absolute atomic E-state index is 12.7. The Bertz CT molecular complexity index is 299. The first-order chi connectivity index (χ1) is 5.27. The molecule has 55 valence electrons. The molecule has 0 aromatic heterocycles. The first-order valence-corrected chi connectivity index (χ1v) is 3.25. The number of halogens is 1. The van der Waals surface area contributed by atoms with Crippen LogP contribution < -0.4 is 0 Å². The van der Waals surface area contributed by atoms with Gasteiger partial charge < -0.3 is 0 Å². The van der Waals surface area contributed by atoms with Crippen LogP contribution in [0.15, 0.2) is 18.2 Å². The molecule has 1 radical (unpaired) electrons. The molecule has 0 atom stereocenters. The van der Waals surface area contributed by atoms with Crippen LogP contribution in [0, 0.1) is 24.1 Å². The van der Waals surface area contributed by atoms with Crippen LogP contribution in [0.4, 0.5) is 4.39 Å². The summed E-state index contributed by atoms with van der Waals surface area (Å²) in [5.41, 5.74) is 0.967. The highest BCUT2D eigenvalue weighted by Crippen LogP contribution is 2.09. The van der Waals surface area contributed by atoms with Crippen molar-refractivity contribution in [2.75, 3.05) is 0 Å². The first-order valence-electron chi connectivity index (χ1n) is 3.25. The van der Waals surface area contributed by atoms with Crippen molar-refractivity contribution in [1.82, 2.24) is 0 Å². The molecular formula is C9H7FN. The standard InChI is InChI=1S/C9H7FN/c1-2-7-3-4-9(10)8(5-7)6-11/h3-5H,1-2H2. The lowest BCUT2D eigenvalue weighted by Gasteiger charge is -1.96. The zero-order valence-electron chi connectivity index (χ0n) is 5.97. The Morgan fingerprint density at radius 2 is 2.27 bits per heavy atom. The number of benzene rings is 1. The molecule has 0 spiro atoms. The van der Waals surface area contributed by atoms with E-state index in [0.717, 1.165) is 5.56 Å². The van der Waals surface area contributed by atoms with Gasteiger partial charge in [-0.15, -0.1) is 0 Å². The van der Waals surface area contributed by atoms with E-state index in [9.17, 15) is 4.39 Å². The van der Waals surface area contributed by atoms with Crippen LogP contribution in [-0.4, -0.2) is 0 Å². The fourth-order valence-electron chi connectivity index (χ4n) is 0.814. The van der Waals surface area contributed by atoms with Gasteiger partial charge in [-0.25, -0.2) is 4.39 Å². The fourth-order valence-corrected chi connectivity index (χ4v) is 0.814. The van der Waals surface area contributed by atoms with E-state index in [1.165, 1.54) is 12.1 Å². The smallest absolute Gasteiger partial charge is 0.140 e. The minimum Gasteiger partial charge on any atom is -0.206 e. The second-order valence-corrected chi connectivity index (χ2v) is 2.18. The molecule has 11 heavy (non-hydrogen) atoms. The predicted octanol–water partition coefficient (Wildman–Crippen LogP) is 2.07. The van der Waals surface area contributed by atoms with Crippen molar-refractivity contribution in [2.24, 2.45) is 0 Å². The molecule has 0 saturated heterocycles. The van der Waals surface area contributed by atoms with Crippen LogP contribution in [0.5, 0.6) is 0 Å². The molecule has 0 unspecified atom stereocenters. The van der Waals surface area contributed by atoms with E-state index >= 15 is 0 Å². The SMILES string of the molecule is [CH2]Cc1ccc(F)c(C#N)c1. The van der Waals surface area contributed by atoms with Gasteiger partial charge in [0.2, 0.25) is 0 Å². The molecule has 1 aromatic carbocycles. The summed E-state index contributed by atoms with van der Waals surface area (Å²) in [7, 11) is 0. The minimum atomic E-state index is -0.468. The van der Waals surface area contributed by atoms with Crippen molar-refractivity contribution in [1.29, 1.82) is 5.26 Å². The maximum atomic E-state index is 12.7. The third-order valence-electron chi connectivity index (χ3n) is 1.44. The maximum Gasteiger partial charge on any atom is 0.140 e. The topological polar surface area (TPSA) is 23.8 Å². The summed E-state index contributed by atoms with van der Waals surface area (Å²) in [6.45, 7) is 3.63. The van der Waals surface area contributed by atoms with Crippen molar-refractivity contribution >= 4 is 0 Å². The van der Waals surface area contributed by atoms with Gasteiger partial charge in [0, 0.05) is 0 Å². The Kier molecular flexibility index (Phi) is 2.22. The third-order valence-corrected chi connectivity index (χ3v) is 1.44. The summed E-state index contributed by atoms with van der Waals surface area (Å²) in [6, 6.07) is 6.20. The van der Waals surface area contributed by atoms with Gasteiger partial charge in [0.05, 0.1) is 5.56 Å². The van der Waals surface area contributed by atoms with Gasteiger partial charge in [0.15, 0.2) is 0 Å². The van der Waals surface area contributed by atoms with E-state index in [1.54, 1.807) is 12.1 Å². The summed E-state index contributed by atoms with van der Waals surface area (Å²) in [5.74, 6) is -0.468. The van der Waals surface area contributed by atoms with Gasteiger partial charge in [-0.2, -0.15) is 5.26 Å². The summed E-state index contributed by atoms with van der Waals surface area (Å²) in [4.78, 5) is 0. The molecule has 0 aliphatic rings. The Morgan fingerprint density at radius 3 is 2.82 bits per heavy atom. The van der Waals surface area contributed by atoms with E-state index in [1.807, 2.05) is 0 Å². The average molecular weight is 148 g/mol. The normalized spacial score (nSPS) is 9.18. The predicted molar refractivity (Wildman–Crippen MR) is 40.2 cm³/mol. The van der Waals surface area contributed by atoms with Gasteiger partial charge in [-0.3, -0.25) is 0 Å². The summed E-state index contributed by atoms with van der Waals surface area (Å²) in [6.07, 6.45) is 0.578. The average Bonchev–Trinajstić information content (AvgIpc) is 2.05. The summed E-state index contributed by atoms with van der Waals surface area (Å²) in [5, 5.41) is 8.43. The van der Waals surface area contributed by atoms with E-state index in [4.69, 9.17) is 5.26 Å². The lowest BCUT2D eigenvalue weighted by atomic mass is 10.1. The summed E-state index contributed by atoms with van der Waals surface area (Å²) < 4.78 is 12.7. The largest absolute Gasteiger partial charge is 0.206 e. The minimum absolute atomic E-state index is 0.0890. The summed E-state index contributed by atoms with van der Waals surface area (Å²) >= 11 is 0. The highest BCUT2D eigenvalue weighted by molar-refractivity contribution is 5.34. The number of rotatable bonds is 1. The van der Waals surface area contributed by atoms with Crippen LogP contribution >= 0.6 is 0 Å². The molecule has 0 N–H and O–H groups in total. The lowest BCUT2D eigenvalue weighted by molar-refractivity contribution is 0.623. The number of nitrogens with zero attached hydrogens (tertiary/aromatic N) is 1. The Balaban J connectivity index is 3.15. The molecule has 0 amide bonds. The van der Waals surface area contributed by atoms with Crippen molar-refractivity contribution in [2.45, 2.75) is 6.42 Å². The molecule has 1 aromatic rings. The van der Waals surface area contributed by atoms with E-state index in [-0.39, 0.29) is 5.56 Å². The molecule has 0 saturated carbocycles. The van der Waals surface area contributed by atoms with Gasteiger partial charge >= 0.3 is 0 Å². The Labute approximate surface area is 65.1 Å².